The van der Waals surface area contributed by atoms with E-state index in [9.17, 15) is 21.6 Å². The predicted molar refractivity (Wildman–Crippen MR) is 132 cm³/mol. The van der Waals surface area contributed by atoms with Crippen molar-refractivity contribution in [2.24, 2.45) is 0 Å². The number of hydrogen-bond donors (Lipinski definition) is 2. The van der Waals surface area contributed by atoms with Gasteiger partial charge in [-0.05, 0) is 43.3 Å². The predicted octanol–water partition coefficient (Wildman–Crippen LogP) is 2.51. The molecule has 2 N–H and O–H groups in total. The second-order valence-corrected chi connectivity index (χ2v) is 12.0. The molecule has 3 aromatic rings. The monoisotopic (exact) mass is 538 g/mol. The van der Waals surface area contributed by atoms with Gasteiger partial charge in [0, 0.05) is 23.3 Å². The van der Waals surface area contributed by atoms with E-state index >= 15 is 0 Å². The lowest BCUT2D eigenvalue weighted by molar-refractivity contribution is -0.114. The Kier molecular flexibility index (Phi) is 7.14. The summed E-state index contributed by atoms with van der Waals surface area (Å²) in [5.74, 6) is 0.0765. The topological polar surface area (TPSA) is 144 Å². The van der Waals surface area contributed by atoms with Crippen LogP contribution in [0.15, 0.2) is 58.9 Å². The molecule has 0 saturated heterocycles. The van der Waals surface area contributed by atoms with E-state index in [0.717, 1.165) is 15.6 Å². The molecule has 1 aliphatic rings. The Morgan fingerprint density at radius 3 is 2.43 bits per heavy atom. The molecule has 2 aromatic carbocycles. The van der Waals surface area contributed by atoms with Crippen molar-refractivity contribution in [3.63, 3.8) is 0 Å². The smallest absolute Gasteiger partial charge is 0.263 e. The summed E-state index contributed by atoms with van der Waals surface area (Å²) in [4.78, 5) is 16.6. The van der Waals surface area contributed by atoms with Crippen LogP contribution in [0, 0.1) is 0 Å². The zero-order valence-electron chi connectivity index (χ0n) is 18.5. The van der Waals surface area contributed by atoms with Gasteiger partial charge in [-0.25, -0.2) is 21.8 Å². The van der Waals surface area contributed by atoms with Crippen molar-refractivity contribution < 1.29 is 31.1 Å². The highest BCUT2D eigenvalue weighted by Gasteiger charge is 2.25. The molecule has 0 unspecified atom stereocenters. The lowest BCUT2D eigenvalue weighted by Gasteiger charge is -2.25. The summed E-state index contributed by atoms with van der Waals surface area (Å²) in [6, 6.07) is 10.1. The van der Waals surface area contributed by atoms with Crippen LogP contribution in [-0.4, -0.2) is 53.2 Å². The summed E-state index contributed by atoms with van der Waals surface area (Å²) in [6.45, 7) is 1.73. The molecule has 4 rings (SSSR count). The fourth-order valence-electron chi connectivity index (χ4n) is 3.19. The molecule has 14 heteroatoms. The summed E-state index contributed by atoms with van der Waals surface area (Å²) >= 11 is 1.14. The summed E-state index contributed by atoms with van der Waals surface area (Å²) in [5, 5.41) is 4.48. The molecule has 0 fully saturated rings. The van der Waals surface area contributed by atoms with Gasteiger partial charge in [-0.1, -0.05) is 0 Å². The Bertz CT molecular complexity index is 1410. The van der Waals surface area contributed by atoms with Crippen LogP contribution in [0.3, 0.4) is 0 Å². The van der Waals surface area contributed by atoms with Crippen molar-refractivity contribution in [2.75, 3.05) is 39.9 Å². The number of fused-ring (bicyclic) bond motifs is 1. The van der Waals surface area contributed by atoms with Crippen LogP contribution in [0.4, 0.5) is 16.5 Å². The first-order valence-corrected chi connectivity index (χ1v) is 14.4. The number of amides is 1. The maximum atomic E-state index is 12.7. The second kappa shape index (κ2) is 10.1. The Balaban J connectivity index is 1.48. The second-order valence-electron chi connectivity index (χ2n) is 7.25. The van der Waals surface area contributed by atoms with Gasteiger partial charge in [0.25, 0.3) is 10.0 Å². The highest BCUT2D eigenvalue weighted by Crippen LogP contribution is 2.35. The highest BCUT2D eigenvalue weighted by molar-refractivity contribution is 7.93. The Hall–Kier alpha value is -3.36. The number of thiazole rings is 1. The summed E-state index contributed by atoms with van der Waals surface area (Å²) in [5.41, 5.74) is 0.570. The number of anilines is 3. The molecule has 0 aliphatic carbocycles. The largest absolute Gasteiger partial charge is 0.486 e. The first-order valence-electron chi connectivity index (χ1n) is 10.4. The standard InChI is InChI=1S/C21H22N4O7S3/c1-2-34(27,28)25(16-5-8-18-19(13-16)32-11-10-31-18)14-20(26)23-15-3-6-17(7-4-15)35(29,30)24-21-22-9-12-33-21/h3-9,12-13H,2,10-11,14H2,1H3,(H,22,24)(H,23,26). The van der Waals surface area contributed by atoms with Gasteiger partial charge in [-0.2, -0.15) is 0 Å². The Morgan fingerprint density at radius 2 is 1.77 bits per heavy atom. The lowest BCUT2D eigenvalue weighted by Crippen LogP contribution is -2.39. The van der Waals surface area contributed by atoms with E-state index in [-0.39, 0.29) is 21.5 Å². The molecule has 1 aliphatic heterocycles. The third kappa shape index (κ3) is 5.83. The van der Waals surface area contributed by atoms with Gasteiger partial charge in [0.05, 0.1) is 16.3 Å². The van der Waals surface area contributed by atoms with Gasteiger partial charge in [0.1, 0.15) is 19.8 Å². The SMILES string of the molecule is CCS(=O)(=O)N(CC(=O)Nc1ccc(S(=O)(=O)Nc2nccs2)cc1)c1ccc2c(c1)OCCO2. The summed E-state index contributed by atoms with van der Waals surface area (Å²) < 4.78 is 64.7. The minimum Gasteiger partial charge on any atom is -0.486 e. The third-order valence-corrected chi connectivity index (χ3v) is 8.82. The molecule has 1 aromatic heterocycles. The molecule has 0 saturated carbocycles. The number of nitrogens with zero attached hydrogens (tertiary/aromatic N) is 2. The average Bonchev–Trinajstić information content (AvgIpc) is 3.35. The van der Waals surface area contributed by atoms with Crippen molar-refractivity contribution >= 4 is 53.8 Å². The molecule has 1 amide bonds. The van der Waals surface area contributed by atoms with E-state index in [2.05, 4.69) is 15.0 Å². The van der Waals surface area contributed by atoms with Gasteiger partial charge in [-0.15, -0.1) is 11.3 Å². The number of carbonyl (C=O) groups excluding carboxylic acids is 1. The van der Waals surface area contributed by atoms with Crippen molar-refractivity contribution in [1.82, 2.24) is 4.98 Å². The number of aromatic nitrogens is 1. The van der Waals surface area contributed by atoms with Crippen molar-refractivity contribution in [3.8, 4) is 11.5 Å². The minimum absolute atomic E-state index is 0.0165. The summed E-state index contributed by atoms with van der Waals surface area (Å²) in [6.07, 6.45) is 1.48. The van der Waals surface area contributed by atoms with Crippen molar-refractivity contribution in [3.05, 3.63) is 54.0 Å². The molecule has 0 radical (unpaired) electrons. The molecule has 0 atom stereocenters. The molecule has 2 heterocycles. The normalized spacial score (nSPS) is 13.2. The molecular weight excluding hydrogens is 516 g/mol. The fraction of sp³-hybridized carbons (Fsp3) is 0.238. The van der Waals surface area contributed by atoms with Gasteiger partial charge in [-0.3, -0.25) is 13.8 Å². The Labute approximate surface area is 206 Å². The summed E-state index contributed by atoms with van der Waals surface area (Å²) in [7, 11) is -7.63. The fourth-order valence-corrected chi connectivity index (χ4v) is 6.04. The van der Waals surface area contributed by atoms with Crippen LogP contribution in [0.2, 0.25) is 0 Å². The molecule has 11 nitrogen and oxygen atoms in total. The lowest BCUT2D eigenvalue weighted by atomic mass is 10.2. The minimum atomic E-state index is -3.84. The first kappa shape index (κ1) is 24.8. The quantitative estimate of drug-likeness (QED) is 0.423. The molecule has 186 valence electrons. The van der Waals surface area contributed by atoms with E-state index in [1.165, 1.54) is 43.5 Å². The Morgan fingerprint density at radius 1 is 1.06 bits per heavy atom. The number of benzene rings is 2. The number of nitrogens with one attached hydrogen (secondary N) is 2. The number of hydrogen-bond acceptors (Lipinski definition) is 9. The van der Waals surface area contributed by atoms with E-state index in [1.807, 2.05) is 0 Å². The van der Waals surface area contributed by atoms with Crippen molar-refractivity contribution in [1.29, 1.82) is 0 Å². The van der Waals surface area contributed by atoms with Crippen LogP contribution in [0.25, 0.3) is 0 Å². The van der Waals surface area contributed by atoms with Crippen molar-refractivity contribution in [2.45, 2.75) is 11.8 Å². The first-order chi connectivity index (χ1) is 16.7. The molecular formula is C21H22N4O7S3. The van der Waals surface area contributed by atoms with Gasteiger partial charge in [0.2, 0.25) is 15.9 Å². The number of rotatable bonds is 9. The highest BCUT2D eigenvalue weighted by atomic mass is 32.2. The third-order valence-electron chi connectivity index (χ3n) is 4.90. The zero-order valence-corrected chi connectivity index (χ0v) is 21.0. The van der Waals surface area contributed by atoms with Gasteiger partial charge >= 0.3 is 0 Å². The maximum absolute atomic E-state index is 12.7. The van der Waals surface area contributed by atoms with E-state index in [4.69, 9.17) is 9.47 Å². The van der Waals surface area contributed by atoms with Crippen LogP contribution >= 0.6 is 11.3 Å². The number of carbonyl (C=O) groups is 1. The molecule has 0 spiro atoms. The zero-order chi connectivity index (χ0) is 25.1. The van der Waals surface area contributed by atoms with E-state index in [1.54, 1.807) is 17.5 Å². The van der Waals surface area contributed by atoms with Gasteiger partial charge in [0.15, 0.2) is 16.6 Å². The van der Waals surface area contributed by atoms with E-state index in [0.29, 0.717) is 30.4 Å². The maximum Gasteiger partial charge on any atom is 0.263 e. The average molecular weight is 539 g/mol. The van der Waals surface area contributed by atoms with Gasteiger partial charge < -0.3 is 14.8 Å². The molecule has 35 heavy (non-hydrogen) atoms. The van der Waals surface area contributed by atoms with Crippen LogP contribution in [-0.2, 0) is 24.8 Å². The van der Waals surface area contributed by atoms with Crippen LogP contribution in [0.1, 0.15) is 6.92 Å². The van der Waals surface area contributed by atoms with Crippen LogP contribution < -0.4 is 23.8 Å². The van der Waals surface area contributed by atoms with E-state index < -0.39 is 32.5 Å². The molecule has 0 bridgehead atoms. The number of sulfonamides is 2. The van der Waals surface area contributed by atoms with Crippen LogP contribution in [0.5, 0.6) is 11.5 Å². The number of ether oxygens (including phenoxy) is 2.